The Morgan fingerprint density at radius 1 is 1.18 bits per heavy atom. The van der Waals surface area contributed by atoms with E-state index in [4.69, 9.17) is 4.74 Å². The lowest BCUT2D eigenvalue weighted by Gasteiger charge is -2.11. The van der Waals surface area contributed by atoms with E-state index in [0.29, 0.717) is 17.6 Å². The first-order valence-corrected chi connectivity index (χ1v) is 10.5. The maximum absolute atomic E-state index is 12.2. The second-order valence-electron chi connectivity index (χ2n) is 6.31. The Kier molecular flexibility index (Phi) is 6.74. The zero-order chi connectivity index (χ0) is 20.1. The van der Waals surface area contributed by atoms with Gasteiger partial charge in [0.1, 0.15) is 12.4 Å². The van der Waals surface area contributed by atoms with Gasteiger partial charge in [-0.15, -0.1) is 10.2 Å². The van der Waals surface area contributed by atoms with E-state index in [1.54, 1.807) is 0 Å². The van der Waals surface area contributed by atoms with Crippen molar-refractivity contribution in [2.24, 2.45) is 7.05 Å². The Balaban J connectivity index is 1.56. The van der Waals surface area contributed by atoms with E-state index in [1.807, 2.05) is 67.9 Å². The summed E-state index contributed by atoms with van der Waals surface area (Å²) < 4.78 is 8.72. The molecule has 1 N–H and O–H groups in total. The van der Waals surface area contributed by atoms with Gasteiger partial charge in [-0.2, -0.15) is 0 Å². The molecule has 0 unspecified atom stereocenters. The molecule has 0 radical (unpaired) electrons. The van der Waals surface area contributed by atoms with Gasteiger partial charge in [0, 0.05) is 17.2 Å². The molecule has 0 aliphatic rings. The van der Waals surface area contributed by atoms with E-state index >= 15 is 0 Å². The van der Waals surface area contributed by atoms with Crippen LogP contribution < -0.4 is 10.1 Å². The van der Waals surface area contributed by atoms with E-state index in [1.165, 1.54) is 11.8 Å². The second-order valence-corrected chi connectivity index (χ2v) is 8.17. The van der Waals surface area contributed by atoms with Crippen LogP contribution in [0.25, 0.3) is 0 Å². The normalized spacial score (nSPS) is 10.7. The Bertz CT molecular complexity index is 970. The first-order valence-electron chi connectivity index (χ1n) is 8.69. The SMILES string of the molecule is Cc1cccc(C)c1OCc1nnc(SCC(=O)Nc2cccc(Br)c2)n1C. The van der Waals surface area contributed by atoms with Crippen LogP contribution >= 0.6 is 27.7 Å². The standard InChI is InChI=1S/C20H21BrN4O2S/c1-13-6-4-7-14(2)19(13)27-11-17-23-24-20(25(17)3)28-12-18(26)22-16-9-5-8-15(21)10-16/h4-10H,11-12H2,1-3H3,(H,22,26). The summed E-state index contributed by atoms with van der Waals surface area (Å²) in [6, 6.07) is 13.5. The average Bonchev–Trinajstić information content (AvgIpc) is 2.99. The Morgan fingerprint density at radius 2 is 1.89 bits per heavy atom. The molecule has 3 rings (SSSR count). The third kappa shape index (κ3) is 5.14. The summed E-state index contributed by atoms with van der Waals surface area (Å²) in [5.74, 6) is 1.72. The minimum Gasteiger partial charge on any atom is -0.485 e. The highest BCUT2D eigenvalue weighted by Crippen LogP contribution is 2.24. The van der Waals surface area contributed by atoms with E-state index in [9.17, 15) is 4.79 Å². The number of thioether (sulfide) groups is 1. The molecule has 1 aromatic heterocycles. The largest absolute Gasteiger partial charge is 0.485 e. The molecular formula is C20H21BrN4O2S. The van der Waals surface area contributed by atoms with Gasteiger partial charge >= 0.3 is 0 Å². The van der Waals surface area contributed by atoms with E-state index in [0.717, 1.165) is 27.0 Å². The van der Waals surface area contributed by atoms with Gasteiger partial charge in [0.25, 0.3) is 0 Å². The van der Waals surface area contributed by atoms with Gasteiger partial charge in [-0.25, -0.2) is 0 Å². The van der Waals surface area contributed by atoms with Crippen LogP contribution in [0.5, 0.6) is 5.75 Å². The molecule has 28 heavy (non-hydrogen) atoms. The molecule has 0 aliphatic heterocycles. The molecule has 0 fully saturated rings. The number of amides is 1. The number of hydrogen-bond acceptors (Lipinski definition) is 5. The number of aromatic nitrogens is 3. The van der Waals surface area contributed by atoms with Crippen molar-refractivity contribution in [1.29, 1.82) is 0 Å². The Morgan fingerprint density at radius 3 is 2.61 bits per heavy atom. The fourth-order valence-electron chi connectivity index (χ4n) is 2.65. The van der Waals surface area contributed by atoms with E-state index in [2.05, 4.69) is 31.4 Å². The van der Waals surface area contributed by atoms with Crippen molar-refractivity contribution < 1.29 is 9.53 Å². The van der Waals surface area contributed by atoms with Crippen molar-refractivity contribution >= 4 is 39.3 Å². The van der Waals surface area contributed by atoms with Crippen LogP contribution in [0.15, 0.2) is 52.1 Å². The number of aryl methyl sites for hydroxylation is 2. The van der Waals surface area contributed by atoms with Crippen molar-refractivity contribution in [3.63, 3.8) is 0 Å². The summed E-state index contributed by atoms with van der Waals surface area (Å²) in [5.41, 5.74) is 2.92. The van der Waals surface area contributed by atoms with Crippen molar-refractivity contribution in [3.8, 4) is 5.75 Å². The summed E-state index contributed by atoms with van der Waals surface area (Å²) in [6.45, 7) is 4.36. The van der Waals surface area contributed by atoms with Gasteiger partial charge in [-0.05, 0) is 43.2 Å². The van der Waals surface area contributed by atoms with E-state index < -0.39 is 0 Å². The van der Waals surface area contributed by atoms with Gasteiger partial charge in [-0.1, -0.05) is 52.0 Å². The molecule has 2 aromatic carbocycles. The number of carbonyl (C=O) groups is 1. The van der Waals surface area contributed by atoms with Crippen LogP contribution in [0.1, 0.15) is 17.0 Å². The molecule has 6 nitrogen and oxygen atoms in total. The first kappa shape index (κ1) is 20.4. The lowest BCUT2D eigenvalue weighted by molar-refractivity contribution is -0.113. The molecule has 3 aromatic rings. The number of anilines is 1. The van der Waals surface area contributed by atoms with Crippen molar-refractivity contribution in [3.05, 3.63) is 63.9 Å². The summed E-state index contributed by atoms with van der Waals surface area (Å²) in [6.07, 6.45) is 0. The number of ether oxygens (including phenoxy) is 1. The molecular weight excluding hydrogens is 440 g/mol. The number of rotatable bonds is 7. The first-order chi connectivity index (χ1) is 13.4. The minimum atomic E-state index is -0.0977. The third-order valence-electron chi connectivity index (χ3n) is 4.12. The topological polar surface area (TPSA) is 69.0 Å². The Labute approximate surface area is 176 Å². The van der Waals surface area contributed by atoms with Crippen LogP contribution in [-0.4, -0.2) is 26.4 Å². The molecule has 146 valence electrons. The third-order valence-corrected chi connectivity index (χ3v) is 5.63. The number of nitrogens with zero attached hydrogens (tertiary/aromatic N) is 3. The maximum atomic E-state index is 12.2. The summed E-state index contributed by atoms with van der Waals surface area (Å²) in [4.78, 5) is 12.2. The van der Waals surface area contributed by atoms with E-state index in [-0.39, 0.29) is 11.7 Å². The number of halogens is 1. The molecule has 0 aliphatic carbocycles. The number of nitrogens with one attached hydrogen (secondary N) is 1. The van der Waals surface area contributed by atoms with Crippen molar-refractivity contribution in [1.82, 2.24) is 14.8 Å². The smallest absolute Gasteiger partial charge is 0.234 e. The predicted molar refractivity (Wildman–Crippen MR) is 115 cm³/mol. The second kappa shape index (κ2) is 9.25. The molecule has 0 saturated carbocycles. The monoisotopic (exact) mass is 460 g/mol. The molecule has 1 amide bonds. The van der Waals surface area contributed by atoms with Gasteiger partial charge in [-0.3, -0.25) is 4.79 Å². The maximum Gasteiger partial charge on any atom is 0.234 e. The van der Waals surface area contributed by atoms with Crippen LogP contribution in [-0.2, 0) is 18.4 Å². The molecule has 0 atom stereocenters. The molecule has 0 saturated heterocycles. The highest BCUT2D eigenvalue weighted by molar-refractivity contribution is 9.10. The fraction of sp³-hybridized carbons (Fsp3) is 0.250. The molecule has 0 bridgehead atoms. The summed E-state index contributed by atoms with van der Waals surface area (Å²) >= 11 is 4.73. The van der Waals surface area contributed by atoms with Gasteiger partial charge in [0.2, 0.25) is 5.91 Å². The number of para-hydroxylation sites is 1. The highest BCUT2D eigenvalue weighted by Gasteiger charge is 2.13. The average molecular weight is 461 g/mol. The molecule has 0 spiro atoms. The summed E-state index contributed by atoms with van der Waals surface area (Å²) in [5, 5.41) is 11.9. The van der Waals surface area contributed by atoms with Gasteiger partial charge < -0.3 is 14.6 Å². The number of carbonyl (C=O) groups excluding carboxylic acids is 1. The number of hydrogen-bond donors (Lipinski definition) is 1. The van der Waals surface area contributed by atoms with Gasteiger partial charge in [0.15, 0.2) is 11.0 Å². The summed E-state index contributed by atoms with van der Waals surface area (Å²) in [7, 11) is 1.87. The lowest BCUT2D eigenvalue weighted by Crippen LogP contribution is -2.14. The number of benzene rings is 2. The van der Waals surface area contributed by atoms with Crippen molar-refractivity contribution in [2.75, 3.05) is 11.1 Å². The van der Waals surface area contributed by atoms with Crippen LogP contribution in [0.3, 0.4) is 0 Å². The Hall–Kier alpha value is -2.32. The fourth-order valence-corrected chi connectivity index (χ4v) is 3.78. The predicted octanol–water partition coefficient (Wildman–Crippen LogP) is 4.50. The quantitative estimate of drug-likeness (QED) is 0.525. The van der Waals surface area contributed by atoms with Gasteiger partial charge in [0.05, 0.1) is 5.75 Å². The van der Waals surface area contributed by atoms with Crippen molar-refractivity contribution in [2.45, 2.75) is 25.6 Å². The molecule has 1 heterocycles. The molecule has 8 heteroatoms. The zero-order valence-electron chi connectivity index (χ0n) is 15.9. The zero-order valence-corrected chi connectivity index (χ0v) is 18.3. The van der Waals surface area contributed by atoms with Crippen LogP contribution in [0.2, 0.25) is 0 Å². The van der Waals surface area contributed by atoms with Crippen LogP contribution in [0.4, 0.5) is 5.69 Å². The highest BCUT2D eigenvalue weighted by atomic mass is 79.9. The van der Waals surface area contributed by atoms with Crippen LogP contribution in [0, 0.1) is 13.8 Å². The minimum absolute atomic E-state index is 0.0977. The lowest BCUT2D eigenvalue weighted by atomic mass is 10.1.